The van der Waals surface area contributed by atoms with E-state index in [0.717, 1.165) is 6.42 Å². The van der Waals surface area contributed by atoms with Crippen molar-refractivity contribution in [1.29, 1.82) is 0 Å². The van der Waals surface area contributed by atoms with Crippen molar-refractivity contribution in [3.8, 4) is 5.75 Å². The SMILES string of the molecule is O=C(CN1CCCC1=O)Oc1cc(Cl)c(Cl)cc1Cl. The number of carbonyl (C=O) groups is 2. The first-order valence-electron chi connectivity index (χ1n) is 5.60. The molecule has 0 saturated carbocycles. The van der Waals surface area contributed by atoms with Crippen molar-refractivity contribution in [3.05, 3.63) is 27.2 Å². The largest absolute Gasteiger partial charge is 0.424 e. The molecular formula is C12H10Cl3NO3. The minimum atomic E-state index is -0.560. The molecule has 0 N–H and O–H groups in total. The lowest BCUT2D eigenvalue weighted by molar-refractivity contribution is -0.140. The van der Waals surface area contributed by atoms with E-state index < -0.39 is 5.97 Å². The van der Waals surface area contributed by atoms with E-state index in [1.54, 1.807) is 0 Å². The first-order valence-corrected chi connectivity index (χ1v) is 6.74. The number of esters is 1. The highest BCUT2D eigenvalue weighted by Gasteiger charge is 2.23. The Morgan fingerprint density at radius 2 is 1.89 bits per heavy atom. The Labute approximate surface area is 125 Å². The minimum absolute atomic E-state index is 0.0443. The standard InChI is InChI=1S/C12H10Cl3NO3/c13-7-4-9(15)10(5-8(7)14)19-12(18)6-16-3-1-2-11(16)17/h4-5H,1-3,6H2. The Kier molecular flexibility index (Phi) is 4.55. The van der Waals surface area contributed by atoms with Crippen molar-refractivity contribution in [1.82, 2.24) is 4.90 Å². The van der Waals surface area contributed by atoms with Gasteiger partial charge in [-0.15, -0.1) is 0 Å². The van der Waals surface area contributed by atoms with Crippen molar-refractivity contribution >= 4 is 46.7 Å². The number of benzene rings is 1. The van der Waals surface area contributed by atoms with Crippen molar-refractivity contribution in [2.75, 3.05) is 13.1 Å². The van der Waals surface area contributed by atoms with Crippen LogP contribution in [-0.2, 0) is 9.59 Å². The zero-order chi connectivity index (χ0) is 14.0. The van der Waals surface area contributed by atoms with Crippen LogP contribution in [0.15, 0.2) is 12.1 Å². The van der Waals surface area contributed by atoms with Crippen LogP contribution in [0.4, 0.5) is 0 Å². The number of nitrogens with zero attached hydrogens (tertiary/aromatic N) is 1. The second-order valence-corrected chi connectivity index (χ2v) is 5.31. The molecule has 1 aromatic carbocycles. The maximum absolute atomic E-state index is 11.7. The molecule has 1 fully saturated rings. The van der Waals surface area contributed by atoms with Crippen molar-refractivity contribution in [2.24, 2.45) is 0 Å². The number of hydrogen-bond donors (Lipinski definition) is 0. The van der Waals surface area contributed by atoms with E-state index in [4.69, 9.17) is 39.5 Å². The van der Waals surface area contributed by atoms with Crippen LogP contribution < -0.4 is 4.74 Å². The Bertz CT molecular complexity index is 533. The van der Waals surface area contributed by atoms with Gasteiger partial charge in [-0.3, -0.25) is 4.79 Å². The predicted octanol–water partition coefficient (Wildman–Crippen LogP) is 3.17. The molecule has 1 amide bonds. The fourth-order valence-corrected chi connectivity index (χ4v) is 2.34. The van der Waals surface area contributed by atoms with Crippen molar-refractivity contribution in [2.45, 2.75) is 12.8 Å². The van der Waals surface area contributed by atoms with Gasteiger partial charge in [0.25, 0.3) is 0 Å². The second kappa shape index (κ2) is 5.99. The lowest BCUT2D eigenvalue weighted by atomic mass is 10.3. The highest BCUT2D eigenvalue weighted by atomic mass is 35.5. The van der Waals surface area contributed by atoms with Gasteiger partial charge in [0.2, 0.25) is 5.91 Å². The molecular weight excluding hydrogens is 312 g/mol. The third kappa shape index (κ3) is 3.53. The fraction of sp³-hybridized carbons (Fsp3) is 0.333. The lowest BCUT2D eigenvalue weighted by Crippen LogP contribution is -2.33. The van der Waals surface area contributed by atoms with Crippen LogP contribution in [0.3, 0.4) is 0 Å². The van der Waals surface area contributed by atoms with Gasteiger partial charge in [-0.25, -0.2) is 4.79 Å². The monoisotopic (exact) mass is 321 g/mol. The molecule has 1 aliphatic rings. The van der Waals surface area contributed by atoms with Crippen LogP contribution in [0.25, 0.3) is 0 Å². The molecule has 0 unspecified atom stereocenters. The molecule has 0 radical (unpaired) electrons. The quantitative estimate of drug-likeness (QED) is 0.488. The van der Waals surface area contributed by atoms with Gasteiger partial charge < -0.3 is 9.64 Å². The van der Waals surface area contributed by atoms with Gasteiger partial charge in [-0.2, -0.15) is 0 Å². The van der Waals surface area contributed by atoms with E-state index in [1.165, 1.54) is 17.0 Å². The Balaban J connectivity index is 2.02. The van der Waals surface area contributed by atoms with Crippen LogP contribution in [0.1, 0.15) is 12.8 Å². The molecule has 1 aromatic rings. The van der Waals surface area contributed by atoms with Gasteiger partial charge in [-0.1, -0.05) is 34.8 Å². The second-order valence-electron chi connectivity index (χ2n) is 4.09. The highest BCUT2D eigenvalue weighted by Crippen LogP contribution is 2.33. The predicted molar refractivity (Wildman–Crippen MR) is 72.9 cm³/mol. The van der Waals surface area contributed by atoms with Gasteiger partial charge >= 0.3 is 5.97 Å². The van der Waals surface area contributed by atoms with Gasteiger partial charge in [-0.05, 0) is 12.5 Å². The van der Waals surface area contributed by atoms with Crippen LogP contribution in [0, 0.1) is 0 Å². The summed E-state index contributed by atoms with van der Waals surface area (Å²) in [5.74, 6) is -0.472. The molecule has 0 aliphatic carbocycles. The van der Waals surface area contributed by atoms with Crippen LogP contribution in [-0.4, -0.2) is 29.9 Å². The van der Waals surface area contributed by atoms with Gasteiger partial charge in [0.05, 0.1) is 15.1 Å². The number of carbonyl (C=O) groups excluding carboxylic acids is 2. The van der Waals surface area contributed by atoms with Crippen LogP contribution in [0.5, 0.6) is 5.75 Å². The first-order chi connectivity index (χ1) is 8.97. The molecule has 0 atom stereocenters. The lowest BCUT2D eigenvalue weighted by Gasteiger charge is -2.14. The first kappa shape index (κ1) is 14.4. The number of hydrogen-bond acceptors (Lipinski definition) is 3. The number of likely N-dealkylation sites (tertiary alicyclic amines) is 1. The Morgan fingerprint density at radius 1 is 1.21 bits per heavy atom. The van der Waals surface area contributed by atoms with E-state index in [-0.39, 0.29) is 33.3 Å². The van der Waals surface area contributed by atoms with E-state index in [0.29, 0.717) is 13.0 Å². The van der Waals surface area contributed by atoms with E-state index in [1.807, 2.05) is 0 Å². The summed E-state index contributed by atoms with van der Waals surface area (Å²) in [6.45, 7) is 0.485. The molecule has 0 spiro atoms. The molecule has 1 heterocycles. The molecule has 2 rings (SSSR count). The Hall–Kier alpha value is -0.970. The van der Waals surface area contributed by atoms with Crippen molar-refractivity contribution in [3.63, 3.8) is 0 Å². The van der Waals surface area contributed by atoms with Crippen molar-refractivity contribution < 1.29 is 14.3 Å². The zero-order valence-electron chi connectivity index (χ0n) is 9.79. The summed E-state index contributed by atoms with van der Waals surface area (Å²) >= 11 is 17.5. The summed E-state index contributed by atoms with van der Waals surface area (Å²) in [5, 5.41) is 0.711. The molecule has 7 heteroatoms. The molecule has 19 heavy (non-hydrogen) atoms. The fourth-order valence-electron chi connectivity index (χ4n) is 1.76. The summed E-state index contributed by atoms with van der Waals surface area (Å²) < 4.78 is 5.08. The summed E-state index contributed by atoms with van der Waals surface area (Å²) in [7, 11) is 0. The number of amides is 1. The molecule has 4 nitrogen and oxygen atoms in total. The third-order valence-electron chi connectivity index (χ3n) is 2.69. The smallest absolute Gasteiger partial charge is 0.331 e. The van der Waals surface area contributed by atoms with Crippen LogP contribution in [0.2, 0.25) is 15.1 Å². The summed E-state index contributed by atoms with van der Waals surface area (Å²) in [5.41, 5.74) is 0. The molecule has 0 aromatic heterocycles. The molecule has 1 saturated heterocycles. The summed E-state index contributed by atoms with van der Waals surface area (Å²) in [4.78, 5) is 24.5. The van der Waals surface area contributed by atoms with E-state index in [9.17, 15) is 9.59 Å². The van der Waals surface area contributed by atoms with Gasteiger partial charge in [0, 0.05) is 19.0 Å². The van der Waals surface area contributed by atoms with E-state index in [2.05, 4.69) is 0 Å². The maximum atomic E-state index is 11.7. The summed E-state index contributed by atoms with van der Waals surface area (Å²) in [6.07, 6.45) is 1.24. The third-order valence-corrected chi connectivity index (χ3v) is 3.71. The summed E-state index contributed by atoms with van der Waals surface area (Å²) in [6, 6.07) is 2.77. The minimum Gasteiger partial charge on any atom is -0.424 e. The number of halogens is 3. The van der Waals surface area contributed by atoms with Gasteiger partial charge in [0.15, 0.2) is 5.75 Å². The number of ether oxygens (including phenoxy) is 1. The normalized spacial score (nSPS) is 14.9. The average Bonchev–Trinajstić information content (AvgIpc) is 2.72. The molecule has 102 valence electrons. The van der Waals surface area contributed by atoms with Crippen LogP contribution >= 0.6 is 34.8 Å². The maximum Gasteiger partial charge on any atom is 0.331 e. The molecule has 1 aliphatic heterocycles. The van der Waals surface area contributed by atoms with E-state index >= 15 is 0 Å². The zero-order valence-corrected chi connectivity index (χ0v) is 12.1. The van der Waals surface area contributed by atoms with Gasteiger partial charge in [0.1, 0.15) is 6.54 Å². The Morgan fingerprint density at radius 3 is 2.53 bits per heavy atom. The average molecular weight is 323 g/mol. The highest BCUT2D eigenvalue weighted by molar-refractivity contribution is 6.43. The topological polar surface area (TPSA) is 46.6 Å². The molecule has 0 bridgehead atoms. The number of rotatable bonds is 3.